The lowest BCUT2D eigenvalue weighted by Gasteiger charge is -2.61. The van der Waals surface area contributed by atoms with Crippen molar-refractivity contribution in [1.82, 2.24) is 15.1 Å². The molecule has 1 spiro atoms. The van der Waals surface area contributed by atoms with E-state index in [4.69, 9.17) is 4.74 Å². The highest BCUT2D eigenvalue weighted by Gasteiger charge is 2.59. The fourth-order valence-electron chi connectivity index (χ4n) is 4.26. The number of hydrogen-bond donors (Lipinski definition) is 1. The summed E-state index contributed by atoms with van der Waals surface area (Å²) >= 11 is 0. The van der Waals surface area contributed by atoms with Gasteiger partial charge in [0.1, 0.15) is 6.54 Å². The van der Waals surface area contributed by atoms with Crippen molar-refractivity contribution in [2.45, 2.75) is 51.3 Å². The molecular formula is C19H23N3O3. The fraction of sp³-hybridized carbons (Fsp3) is 0.526. The number of carbonyl (C=O) groups is 1. The highest BCUT2D eigenvalue weighted by molar-refractivity contribution is 5.81. The molecular weight excluding hydrogens is 318 g/mol. The Morgan fingerprint density at radius 3 is 2.92 bits per heavy atom. The summed E-state index contributed by atoms with van der Waals surface area (Å²) < 4.78 is 7.05. The summed E-state index contributed by atoms with van der Waals surface area (Å²) in [6.07, 6.45) is 6.17. The second-order valence-electron chi connectivity index (χ2n) is 7.08. The van der Waals surface area contributed by atoms with Crippen LogP contribution in [0.3, 0.4) is 0 Å². The Morgan fingerprint density at radius 1 is 1.40 bits per heavy atom. The number of rotatable bonds is 5. The molecule has 1 aromatic carbocycles. The molecule has 2 aromatic rings. The molecule has 132 valence electrons. The molecule has 2 aliphatic rings. The Labute approximate surface area is 146 Å². The van der Waals surface area contributed by atoms with Crippen LogP contribution in [0.4, 0.5) is 0 Å². The van der Waals surface area contributed by atoms with Gasteiger partial charge in [-0.2, -0.15) is 5.10 Å². The number of carbonyl (C=O) groups excluding carboxylic acids is 1. The Bertz CT molecular complexity index is 856. The minimum absolute atomic E-state index is 0.0461. The van der Waals surface area contributed by atoms with E-state index in [-0.39, 0.29) is 35.6 Å². The van der Waals surface area contributed by atoms with Gasteiger partial charge in [0.05, 0.1) is 17.7 Å². The van der Waals surface area contributed by atoms with Gasteiger partial charge in [-0.25, -0.2) is 4.68 Å². The summed E-state index contributed by atoms with van der Waals surface area (Å²) in [5, 5.41) is 8.61. The molecule has 1 aromatic heterocycles. The van der Waals surface area contributed by atoms with E-state index in [1.165, 1.54) is 11.1 Å². The molecule has 6 heteroatoms. The average molecular weight is 341 g/mol. The number of nitrogens with one attached hydrogen (secondary N) is 1. The Balaban J connectivity index is 1.45. The van der Waals surface area contributed by atoms with Gasteiger partial charge in [-0.05, 0) is 32.3 Å². The average Bonchev–Trinajstić information content (AvgIpc) is 2.55. The van der Waals surface area contributed by atoms with Crippen molar-refractivity contribution in [3.63, 3.8) is 0 Å². The zero-order valence-corrected chi connectivity index (χ0v) is 14.4. The van der Waals surface area contributed by atoms with Gasteiger partial charge in [-0.1, -0.05) is 24.6 Å². The Hall–Kier alpha value is -2.21. The van der Waals surface area contributed by atoms with Crippen molar-refractivity contribution < 1.29 is 9.53 Å². The molecule has 2 saturated carbocycles. The standard InChI is InChI=1S/C19H23N3O3/c1-2-25-16-10-15(19(16)8-5-9-19)21-17(23)12-22-18(24)14-7-4-3-6-13(14)11-20-22/h3-4,6-7,11,15-16H,2,5,8-10,12H2,1H3,(H,21,23)/t15-,16+/m1/s1. The van der Waals surface area contributed by atoms with Crippen molar-refractivity contribution in [3.05, 3.63) is 40.8 Å². The van der Waals surface area contributed by atoms with Crippen LogP contribution in [0.2, 0.25) is 0 Å². The van der Waals surface area contributed by atoms with Gasteiger partial charge >= 0.3 is 0 Å². The van der Waals surface area contributed by atoms with E-state index >= 15 is 0 Å². The summed E-state index contributed by atoms with van der Waals surface area (Å²) in [7, 11) is 0. The molecule has 1 N–H and O–H groups in total. The molecule has 6 nitrogen and oxygen atoms in total. The quantitative estimate of drug-likeness (QED) is 0.901. The predicted molar refractivity (Wildman–Crippen MR) is 94.2 cm³/mol. The lowest BCUT2D eigenvalue weighted by atomic mass is 9.51. The monoisotopic (exact) mass is 341 g/mol. The van der Waals surface area contributed by atoms with Crippen LogP contribution in [-0.4, -0.2) is 34.4 Å². The van der Waals surface area contributed by atoms with E-state index in [1.807, 2.05) is 25.1 Å². The number of ether oxygens (including phenoxy) is 1. The molecule has 25 heavy (non-hydrogen) atoms. The van der Waals surface area contributed by atoms with Crippen molar-refractivity contribution in [2.75, 3.05) is 6.61 Å². The molecule has 0 aliphatic heterocycles. The molecule has 1 amide bonds. The third kappa shape index (κ3) is 2.65. The van der Waals surface area contributed by atoms with E-state index in [2.05, 4.69) is 10.4 Å². The van der Waals surface area contributed by atoms with Crippen molar-refractivity contribution in [2.24, 2.45) is 5.41 Å². The van der Waals surface area contributed by atoms with Gasteiger partial charge < -0.3 is 10.1 Å². The predicted octanol–water partition coefficient (Wildman–Crippen LogP) is 1.86. The topological polar surface area (TPSA) is 73.2 Å². The van der Waals surface area contributed by atoms with Gasteiger partial charge in [0.2, 0.25) is 5.91 Å². The van der Waals surface area contributed by atoms with E-state index in [0.29, 0.717) is 12.0 Å². The molecule has 0 saturated heterocycles. The molecule has 2 aliphatic carbocycles. The number of benzene rings is 1. The van der Waals surface area contributed by atoms with Gasteiger partial charge in [0.15, 0.2) is 0 Å². The lowest BCUT2D eigenvalue weighted by molar-refractivity contribution is -0.176. The highest BCUT2D eigenvalue weighted by atomic mass is 16.5. The maximum atomic E-state index is 12.5. The lowest BCUT2D eigenvalue weighted by Crippen LogP contribution is -2.68. The maximum absolute atomic E-state index is 12.5. The van der Waals surface area contributed by atoms with E-state index in [0.717, 1.165) is 24.6 Å². The summed E-state index contributed by atoms with van der Waals surface area (Å²) in [6, 6.07) is 7.44. The van der Waals surface area contributed by atoms with Gasteiger partial charge in [0.25, 0.3) is 5.56 Å². The second kappa shape index (κ2) is 6.26. The summed E-state index contributed by atoms with van der Waals surface area (Å²) in [4.78, 5) is 24.9. The van der Waals surface area contributed by atoms with Gasteiger partial charge in [-0.15, -0.1) is 0 Å². The highest BCUT2D eigenvalue weighted by Crippen LogP contribution is 2.57. The van der Waals surface area contributed by atoms with Crippen LogP contribution in [0.5, 0.6) is 0 Å². The van der Waals surface area contributed by atoms with Crippen molar-refractivity contribution in [1.29, 1.82) is 0 Å². The van der Waals surface area contributed by atoms with Crippen LogP contribution in [0.15, 0.2) is 35.3 Å². The molecule has 2 fully saturated rings. The zero-order valence-electron chi connectivity index (χ0n) is 14.4. The maximum Gasteiger partial charge on any atom is 0.275 e. The molecule has 0 unspecified atom stereocenters. The van der Waals surface area contributed by atoms with E-state index in [1.54, 1.807) is 12.3 Å². The first-order valence-electron chi connectivity index (χ1n) is 9.00. The third-order valence-electron chi connectivity index (χ3n) is 5.83. The van der Waals surface area contributed by atoms with Crippen molar-refractivity contribution >= 4 is 16.7 Å². The fourth-order valence-corrected chi connectivity index (χ4v) is 4.26. The summed E-state index contributed by atoms with van der Waals surface area (Å²) in [5.41, 5.74) is -0.111. The number of hydrogen-bond acceptors (Lipinski definition) is 4. The SMILES string of the molecule is CCO[C@H]1C[C@@H](NC(=O)Cn2ncc3ccccc3c2=O)C12CCC2. The minimum Gasteiger partial charge on any atom is -0.378 e. The van der Waals surface area contributed by atoms with Crippen LogP contribution in [0.1, 0.15) is 32.6 Å². The zero-order chi connectivity index (χ0) is 17.4. The Morgan fingerprint density at radius 2 is 2.20 bits per heavy atom. The Kier molecular flexibility index (Phi) is 4.07. The molecule has 2 atom stereocenters. The number of amides is 1. The van der Waals surface area contributed by atoms with Crippen LogP contribution >= 0.6 is 0 Å². The van der Waals surface area contributed by atoms with Crippen molar-refractivity contribution in [3.8, 4) is 0 Å². The molecule has 4 rings (SSSR count). The minimum atomic E-state index is -0.229. The van der Waals surface area contributed by atoms with Crippen LogP contribution in [-0.2, 0) is 16.1 Å². The summed E-state index contributed by atoms with van der Waals surface area (Å²) in [6.45, 7) is 2.68. The largest absolute Gasteiger partial charge is 0.378 e. The smallest absolute Gasteiger partial charge is 0.275 e. The number of fused-ring (bicyclic) bond motifs is 1. The third-order valence-corrected chi connectivity index (χ3v) is 5.83. The van der Waals surface area contributed by atoms with Crippen LogP contribution in [0, 0.1) is 5.41 Å². The summed E-state index contributed by atoms with van der Waals surface area (Å²) in [5.74, 6) is -0.156. The van der Waals surface area contributed by atoms with Gasteiger partial charge in [-0.3, -0.25) is 9.59 Å². The van der Waals surface area contributed by atoms with Crippen LogP contribution < -0.4 is 10.9 Å². The van der Waals surface area contributed by atoms with Gasteiger partial charge in [0, 0.05) is 23.4 Å². The first-order chi connectivity index (χ1) is 12.1. The second-order valence-corrected chi connectivity index (χ2v) is 7.08. The normalized spacial score (nSPS) is 23.9. The molecule has 1 heterocycles. The molecule has 0 radical (unpaired) electrons. The molecule has 0 bridgehead atoms. The van der Waals surface area contributed by atoms with Crippen LogP contribution in [0.25, 0.3) is 10.8 Å². The number of aromatic nitrogens is 2. The van der Waals surface area contributed by atoms with E-state index in [9.17, 15) is 9.59 Å². The van der Waals surface area contributed by atoms with E-state index < -0.39 is 0 Å². The number of nitrogens with zero attached hydrogens (tertiary/aromatic N) is 2. The first-order valence-corrected chi connectivity index (χ1v) is 9.00. The first kappa shape index (κ1) is 16.3.